The Labute approximate surface area is 166 Å². The van der Waals surface area contributed by atoms with Crippen molar-refractivity contribution in [2.75, 3.05) is 13.1 Å². The van der Waals surface area contributed by atoms with Gasteiger partial charge in [0.25, 0.3) is 5.56 Å². The molecule has 1 aromatic carbocycles. The topological polar surface area (TPSA) is 55.2 Å². The third kappa shape index (κ3) is 3.80. The van der Waals surface area contributed by atoms with E-state index < -0.39 is 0 Å². The highest BCUT2D eigenvalue weighted by molar-refractivity contribution is 8.00. The number of nitrogens with zero attached hydrogens (tertiary/aromatic N) is 3. The first-order valence-electron chi connectivity index (χ1n) is 9.11. The second kappa shape index (κ2) is 7.86. The zero-order valence-corrected chi connectivity index (χ0v) is 16.8. The van der Waals surface area contributed by atoms with Crippen molar-refractivity contribution in [2.45, 2.75) is 36.7 Å². The van der Waals surface area contributed by atoms with Gasteiger partial charge in [-0.25, -0.2) is 4.98 Å². The second-order valence-corrected chi connectivity index (χ2v) is 8.92. The molecule has 1 aliphatic heterocycles. The SMILES string of the molecule is C[C@H](Sc1nc2ccsc2c(=O)n1Cc1ccccc1)C(=O)N1CCCC1. The number of likely N-dealkylation sites (tertiary alicyclic amines) is 1. The summed E-state index contributed by atoms with van der Waals surface area (Å²) in [6.07, 6.45) is 2.14. The van der Waals surface area contributed by atoms with Gasteiger partial charge in [0.05, 0.1) is 17.3 Å². The van der Waals surface area contributed by atoms with E-state index in [1.54, 1.807) is 4.57 Å². The standard InChI is InChI=1S/C20H21N3O2S2/c1-14(18(24)22-10-5-6-11-22)27-20-21-16-9-12-26-17(16)19(25)23(20)13-15-7-3-2-4-8-15/h2-4,7-9,12,14H,5-6,10-11,13H2,1H3/t14-/m0/s1. The lowest BCUT2D eigenvalue weighted by atomic mass is 10.2. The number of amides is 1. The maximum atomic E-state index is 13.0. The largest absolute Gasteiger partial charge is 0.342 e. The fourth-order valence-corrected chi connectivity index (χ4v) is 5.09. The summed E-state index contributed by atoms with van der Waals surface area (Å²) >= 11 is 2.79. The lowest BCUT2D eigenvalue weighted by Gasteiger charge is -2.21. The summed E-state index contributed by atoms with van der Waals surface area (Å²) in [6, 6.07) is 11.7. The molecule has 5 nitrogen and oxygen atoms in total. The molecule has 7 heteroatoms. The van der Waals surface area contributed by atoms with Crippen molar-refractivity contribution < 1.29 is 4.79 Å². The van der Waals surface area contributed by atoms with Crippen LogP contribution in [-0.4, -0.2) is 38.7 Å². The first-order chi connectivity index (χ1) is 13.1. The maximum absolute atomic E-state index is 13.0. The highest BCUT2D eigenvalue weighted by Crippen LogP contribution is 2.26. The molecule has 1 amide bonds. The molecular formula is C20H21N3O2S2. The summed E-state index contributed by atoms with van der Waals surface area (Å²) < 4.78 is 2.36. The van der Waals surface area contributed by atoms with Crippen LogP contribution in [0.3, 0.4) is 0 Å². The van der Waals surface area contributed by atoms with E-state index in [0.29, 0.717) is 21.9 Å². The van der Waals surface area contributed by atoms with Crippen LogP contribution in [0.2, 0.25) is 0 Å². The van der Waals surface area contributed by atoms with Crippen molar-refractivity contribution in [3.8, 4) is 0 Å². The number of rotatable bonds is 5. The number of hydrogen-bond donors (Lipinski definition) is 0. The molecule has 0 spiro atoms. The number of thiophene rings is 1. The highest BCUT2D eigenvalue weighted by atomic mass is 32.2. The van der Waals surface area contributed by atoms with E-state index in [4.69, 9.17) is 4.98 Å². The lowest BCUT2D eigenvalue weighted by Crippen LogP contribution is -2.34. The second-order valence-electron chi connectivity index (χ2n) is 6.70. The van der Waals surface area contributed by atoms with E-state index in [1.165, 1.54) is 23.1 Å². The van der Waals surface area contributed by atoms with Crippen LogP contribution in [0.1, 0.15) is 25.3 Å². The first-order valence-corrected chi connectivity index (χ1v) is 10.9. The number of fused-ring (bicyclic) bond motifs is 1. The van der Waals surface area contributed by atoms with Gasteiger partial charge in [0, 0.05) is 13.1 Å². The molecule has 2 aromatic heterocycles. The van der Waals surface area contributed by atoms with Gasteiger partial charge in [0.15, 0.2) is 5.16 Å². The Hall–Kier alpha value is -2.12. The van der Waals surface area contributed by atoms with Crippen LogP contribution in [0, 0.1) is 0 Å². The van der Waals surface area contributed by atoms with Gasteiger partial charge in [-0.05, 0) is 36.8 Å². The summed E-state index contributed by atoms with van der Waals surface area (Å²) in [5.41, 5.74) is 1.71. The Morgan fingerprint density at radius 2 is 1.96 bits per heavy atom. The van der Waals surface area contributed by atoms with Gasteiger partial charge in [0.2, 0.25) is 5.91 Å². The van der Waals surface area contributed by atoms with Gasteiger partial charge in [-0.2, -0.15) is 0 Å². The van der Waals surface area contributed by atoms with Gasteiger partial charge in [-0.15, -0.1) is 11.3 Å². The van der Waals surface area contributed by atoms with Gasteiger partial charge < -0.3 is 4.90 Å². The third-order valence-electron chi connectivity index (χ3n) is 4.76. The van der Waals surface area contributed by atoms with Crippen molar-refractivity contribution in [1.82, 2.24) is 14.5 Å². The molecule has 1 aliphatic rings. The smallest absolute Gasteiger partial charge is 0.272 e. The van der Waals surface area contributed by atoms with Crippen LogP contribution in [0.15, 0.2) is 51.7 Å². The molecule has 1 saturated heterocycles. The van der Waals surface area contributed by atoms with E-state index in [1.807, 2.05) is 53.6 Å². The van der Waals surface area contributed by atoms with Gasteiger partial charge in [-0.1, -0.05) is 42.1 Å². The van der Waals surface area contributed by atoms with Crippen molar-refractivity contribution in [3.05, 3.63) is 57.7 Å². The fraction of sp³-hybridized carbons (Fsp3) is 0.350. The van der Waals surface area contributed by atoms with Crippen molar-refractivity contribution in [1.29, 1.82) is 0 Å². The minimum absolute atomic E-state index is 0.0397. The van der Waals surface area contributed by atoms with E-state index in [0.717, 1.165) is 31.5 Å². The molecular weight excluding hydrogens is 378 g/mol. The van der Waals surface area contributed by atoms with Crippen molar-refractivity contribution in [2.24, 2.45) is 0 Å². The third-order valence-corrected chi connectivity index (χ3v) is 6.73. The molecule has 4 rings (SSSR count). The van der Waals surface area contributed by atoms with E-state index in [-0.39, 0.29) is 16.7 Å². The monoisotopic (exact) mass is 399 g/mol. The number of carbonyl (C=O) groups is 1. The average Bonchev–Trinajstić information content (AvgIpc) is 3.37. The quantitative estimate of drug-likeness (QED) is 0.486. The van der Waals surface area contributed by atoms with E-state index in [9.17, 15) is 9.59 Å². The van der Waals surface area contributed by atoms with Crippen LogP contribution in [0.25, 0.3) is 10.2 Å². The molecule has 27 heavy (non-hydrogen) atoms. The summed E-state index contributed by atoms with van der Waals surface area (Å²) in [5, 5.41) is 2.22. The van der Waals surface area contributed by atoms with Crippen LogP contribution < -0.4 is 5.56 Å². The Kier molecular flexibility index (Phi) is 5.31. The molecule has 3 heterocycles. The predicted molar refractivity (Wildman–Crippen MR) is 111 cm³/mol. The number of carbonyl (C=O) groups excluding carboxylic acids is 1. The normalized spacial score (nSPS) is 15.4. The zero-order valence-electron chi connectivity index (χ0n) is 15.1. The minimum Gasteiger partial charge on any atom is -0.342 e. The van der Waals surface area contributed by atoms with E-state index in [2.05, 4.69) is 0 Å². The van der Waals surface area contributed by atoms with Crippen molar-refractivity contribution in [3.63, 3.8) is 0 Å². The number of aromatic nitrogens is 2. The average molecular weight is 400 g/mol. The molecule has 3 aromatic rings. The van der Waals surface area contributed by atoms with Gasteiger partial charge >= 0.3 is 0 Å². The predicted octanol–water partition coefficient (Wildman–Crippen LogP) is 3.61. The Balaban J connectivity index is 1.68. The molecule has 0 N–H and O–H groups in total. The fourth-order valence-electron chi connectivity index (χ4n) is 3.32. The Morgan fingerprint density at radius 1 is 1.22 bits per heavy atom. The Bertz CT molecular complexity index is 1010. The number of hydrogen-bond acceptors (Lipinski definition) is 5. The maximum Gasteiger partial charge on any atom is 0.272 e. The minimum atomic E-state index is -0.270. The summed E-state index contributed by atoms with van der Waals surface area (Å²) in [7, 11) is 0. The van der Waals surface area contributed by atoms with Crippen LogP contribution in [-0.2, 0) is 11.3 Å². The van der Waals surface area contributed by atoms with E-state index >= 15 is 0 Å². The van der Waals surface area contributed by atoms with Crippen LogP contribution >= 0.6 is 23.1 Å². The number of thioether (sulfide) groups is 1. The first kappa shape index (κ1) is 18.3. The van der Waals surface area contributed by atoms with Gasteiger partial charge in [-0.3, -0.25) is 14.2 Å². The molecule has 140 valence electrons. The summed E-state index contributed by atoms with van der Waals surface area (Å²) in [5.74, 6) is 0.128. The lowest BCUT2D eigenvalue weighted by molar-refractivity contribution is -0.129. The van der Waals surface area contributed by atoms with Crippen LogP contribution in [0.5, 0.6) is 0 Å². The summed E-state index contributed by atoms with van der Waals surface area (Å²) in [4.78, 5) is 32.4. The molecule has 1 fully saturated rings. The molecule has 0 bridgehead atoms. The van der Waals surface area contributed by atoms with Crippen molar-refractivity contribution >= 4 is 39.2 Å². The molecule has 0 radical (unpaired) electrons. The molecule has 1 atom stereocenters. The molecule has 0 saturated carbocycles. The zero-order chi connectivity index (χ0) is 18.8. The van der Waals surface area contributed by atoms with Crippen LogP contribution in [0.4, 0.5) is 0 Å². The molecule has 0 aliphatic carbocycles. The molecule has 0 unspecified atom stereocenters. The van der Waals surface area contributed by atoms with Gasteiger partial charge in [0.1, 0.15) is 4.70 Å². The highest BCUT2D eigenvalue weighted by Gasteiger charge is 2.26. The number of benzene rings is 1. The summed E-state index contributed by atoms with van der Waals surface area (Å²) in [6.45, 7) is 4.02. The Morgan fingerprint density at radius 3 is 2.70 bits per heavy atom.